The minimum atomic E-state index is -0.217. The highest BCUT2D eigenvalue weighted by molar-refractivity contribution is 7.08. The Morgan fingerprint density at radius 2 is 2.19 bits per heavy atom. The molecular formula is C19H21N5OS. The first-order valence-electron chi connectivity index (χ1n) is 8.60. The zero-order valence-corrected chi connectivity index (χ0v) is 15.3. The highest BCUT2D eigenvalue weighted by Gasteiger charge is 2.18. The summed E-state index contributed by atoms with van der Waals surface area (Å²) in [4.78, 5) is 12.3. The van der Waals surface area contributed by atoms with Crippen LogP contribution in [0, 0.1) is 0 Å². The average Bonchev–Trinajstić information content (AvgIpc) is 3.30. The molecule has 0 spiro atoms. The number of aryl methyl sites for hydroxylation is 1. The van der Waals surface area contributed by atoms with E-state index in [1.807, 2.05) is 29.9 Å². The van der Waals surface area contributed by atoms with Crippen molar-refractivity contribution in [3.05, 3.63) is 58.3 Å². The normalized spacial score (nSPS) is 16.1. The lowest BCUT2D eigenvalue weighted by atomic mass is 9.96. The summed E-state index contributed by atoms with van der Waals surface area (Å²) < 4.78 is 1.68. The molecule has 1 unspecified atom stereocenters. The zero-order chi connectivity index (χ0) is 17.9. The third-order valence-corrected chi connectivity index (χ3v) is 5.30. The van der Waals surface area contributed by atoms with Gasteiger partial charge in [0.25, 0.3) is 0 Å². The number of urea groups is 1. The van der Waals surface area contributed by atoms with Crippen LogP contribution in [0.1, 0.15) is 11.1 Å². The maximum absolute atomic E-state index is 12.3. The molecule has 3 heterocycles. The number of fused-ring (bicyclic) bond motifs is 1. The topological polar surface area (TPSA) is 71.0 Å². The second-order valence-corrected chi connectivity index (χ2v) is 7.22. The van der Waals surface area contributed by atoms with Crippen LogP contribution in [0.4, 0.5) is 10.6 Å². The van der Waals surface area contributed by atoms with Gasteiger partial charge in [-0.05, 0) is 29.0 Å². The summed E-state index contributed by atoms with van der Waals surface area (Å²) in [7, 11) is 1.82. The quantitative estimate of drug-likeness (QED) is 0.664. The summed E-state index contributed by atoms with van der Waals surface area (Å²) in [5, 5.41) is 17.8. The Labute approximate surface area is 156 Å². The molecule has 3 N–H and O–H groups in total. The fourth-order valence-electron chi connectivity index (χ4n) is 3.18. The number of amides is 2. The van der Waals surface area contributed by atoms with Gasteiger partial charge in [-0.1, -0.05) is 24.3 Å². The Bertz CT molecular complexity index is 903. The van der Waals surface area contributed by atoms with Crippen LogP contribution in [0.2, 0.25) is 0 Å². The third-order valence-electron chi connectivity index (χ3n) is 4.61. The van der Waals surface area contributed by atoms with Gasteiger partial charge in [-0.25, -0.2) is 4.79 Å². The Balaban J connectivity index is 1.32. The Kier molecular flexibility index (Phi) is 4.73. The van der Waals surface area contributed by atoms with E-state index < -0.39 is 0 Å². The number of nitrogens with one attached hydrogen (secondary N) is 3. The van der Waals surface area contributed by atoms with Crippen molar-refractivity contribution in [3.8, 4) is 11.3 Å². The number of thiophene rings is 1. The molecule has 0 bridgehead atoms. The van der Waals surface area contributed by atoms with E-state index in [0.717, 1.165) is 24.2 Å². The average molecular weight is 367 g/mol. The summed E-state index contributed by atoms with van der Waals surface area (Å²) in [6.07, 6.45) is 0.921. The van der Waals surface area contributed by atoms with Gasteiger partial charge < -0.3 is 10.6 Å². The second-order valence-electron chi connectivity index (χ2n) is 6.44. The Morgan fingerprint density at radius 3 is 3.00 bits per heavy atom. The van der Waals surface area contributed by atoms with Crippen LogP contribution < -0.4 is 16.0 Å². The van der Waals surface area contributed by atoms with Crippen molar-refractivity contribution in [2.24, 2.45) is 7.05 Å². The lowest BCUT2D eigenvalue weighted by molar-refractivity contribution is 0.250. The number of nitrogens with zero attached hydrogens (tertiary/aromatic N) is 2. The number of rotatable bonds is 4. The molecule has 1 atom stereocenters. The van der Waals surface area contributed by atoms with Gasteiger partial charge in [0.2, 0.25) is 0 Å². The number of anilines is 1. The van der Waals surface area contributed by atoms with Crippen LogP contribution >= 0.6 is 11.3 Å². The maximum atomic E-state index is 12.3. The van der Waals surface area contributed by atoms with Crippen LogP contribution in [0.15, 0.2) is 47.2 Å². The summed E-state index contributed by atoms with van der Waals surface area (Å²) in [5.74, 6) is 0.672. The van der Waals surface area contributed by atoms with Gasteiger partial charge >= 0.3 is 6.03 Å². The predicted molar refractivity (Wildman–Crippen MR) is 104 cm³/mol. The number of hydrogen-bond acceptors (Lipinski definition) is 4. The van der Waals surface area contributed by atoms with Crippen LogP contribution in [-0.4, -0.2) is 28.4 Å². The molecule has 0 saturated heterocycles. The molecule has 0 radical (unpaired) electrons. The molecule has 4 rings (SSSR count). The van der Waals surface area contributed by atoms with Crippen LogP contribution in [0.3, 0.4) is 0 Å². The molecular weight excluding hydrogens is 346 g/mol. The van der Waals surface area contributed by atoms with E-state index in [-0.39, 0.29) is 12.1 Å². The number of benzene rings is 1. The molecule has 26 heavy (non-hydrogen) atoms. The van der Waals surface area contributed by atoms with Crippen molar-refractivity contribution < 1.29 is 4.79 Å². The smallest absolute Gasteiger partial charge is 0.320 e. The Hall–Kier alpha value is -2.64. The number of carbonyl (C=O) groups excluding carboxylic acids is 1. The molecule has 0 aliphatic carbocycles. The van der Waals surface area contributed by atoms with E-state index >= 15 is 0 Å². The van der Waals surface area contributed by atoms with Crippen molar-refractivity contribution in [2.45, 2.75) is 19.0 Å². The molecule has 0 saturated carbocycles. The highest BCUT2D eigenvalue weighted by Crippen LogP contribution is 2.23. The summed E-state index contributed by atoms with van der Waals surface area (Å²) in [5.41, 5.74) is 4.60. The maximum Gasteiger partial charge on any atom is 0.320 e. The van der Waals surface area contributed by atoms with Gasteiger partial charge in [-0.15, -0.1) is 0 Å². The molecule has 3 aromatic rings. The van der Waals surface area contributed by atoms with Gasteiger partial charge in [0, 0.05) is 43.2 Å². The minimum Gasteiger partial charge on any atom is -0.336 e. The second kappa shape index (κ2) is 7.31. The molecule has 134 valence electrons. The summed E-state index contributed by atoms with van der Waals surface area (Å²) >= 11 is 1.63. The van der Waals surface area contributed by atoms with Gasteiger partial charge in [0.15, 0.2) is 0 Å². The van der Waals surface area contributed by atoms with E-state index in [0.29, 0.717) is 12.4 Å². The van der Waals surface area contributed by atoms with Crippen LogP contribution in [0.5, 0.6) is 0 Å². The molecule has 0 fully saturated rings. The molecule has 2 aromatic heterocycles. The summed E-state index contributed by atoms with van der Waals surface area (Å²) in [6, 6.07) is 12.4. The van der Waals surface area contributed by atoms with Crippen molar-refractivity contribution in [1.82, 2.24) is 20.4 Å². The van der Waals surface area contributed by atoms with Crippen molar-refractivity contribution in [1.29, 1.82) is 0 Å². The van der Waals surface area contributed by atoms with E-state index in [1.54, 1.807) is 16.0 Å². The third kappa shape index (κ3) is 3.63. The van der Waals surface area contributed by atoms with Gasteiger partial charge in [-0.3, -0.25) is 10.00 Å². The predicted octanol–water partition coefficient (Wildman–Crippen LogP) is 2.98. The first kappa shape index (κ1) is 16.8. The van der Waals surface area contributed by atoms with Gasteiger partial charge in [0.05, 0.1) is 5.69 Å². The van der Waals surface area contributed by atoms with Gasteiger partial charge in [-0.2, -0.15) is 16.4 Å². The van der Waals surface area contributed by atoms with Crippen molar-refractivity contribution in [3.63, 3.8) is 0 Å². The monoisotopic (exact) mass is 367 g/mol. The highest BCUT2D eigenvalue weighted by atomic mass is 32.1. The minimum absolute atomic E-state index is 0.217. The van der Waals surface area contributed by atoms with Crippen LogP contribution in [0.25, 0.3) is 11.3 Å². The van der Waals surface area contributed by atoms with Crippen molar-refractivity contribution >= 4 is 23.2 Å². The Morgan fingerprint density at radius 1 is 1.35 bits per heavy atom. The molecule has 2 amide bonds. The fourth-order valence-corrected chi connectivity index (χ4v) is 3.83. The largest absolute Gasteiger partial charge is 0.336 e. The van der Waals surface area contributed by atoms with E-state index in [2.05, 4.69) is 45.3 Å². The molecule has 1 aliphatic heterocycles. The first-order chi connectivity index (χ1) is 12.7. The molecule has 1 aromatic carbocycles. The number of aromatic nitrogens is 2. The van der Waals surface area contributed by atoms with Crippen molar-refractivity contribution in [2.75, 3.05) is 11.9 Å². The lowest BCUT2D eigenvalue weighted by Crippen LogP contribution is -2.45. The molecule has 6 nitrogen and oxygen atoms in total. The number of hydrogen-bond donors (Lipinski definition) is 3. The standard InChI is InChI=1S/C19H21N5OS/c1-24-18(9-17(23-24)15-6-7-26-12-15)22-19(25)21-11-16-8-13-4-2-3-5-14(13)10-20-16/h2-7,9,12,16,20H,8,10-11H2,1H3,(H2,21,22,25). The van der Waals surface area contributed by atoms with E-state index in [4.69, 9.17) is 0 Å². The lowest BCUT2D eigenvalue weighted by Gasteiger charge is -2.26. The fraction of sp³-hybridized carbons (Fsp3) is 0.263. The molecule has 1 aliphatic rings. The zero-order valence-electron chi connectivity index (χ0n) is 14.5. The number of carbonyl (C=O) groups is 1. The first-order valence-corrected chi connectivity index (χ1v) is 9.55. The summed E-state index contributed by atoms with van der Waals surface area (Å²) in [6.45, 7) is 1.42. The van der Waals surface area contributed by atoms with E-state index in [9.17, 15) is 4.79 Å². The molecule has 7 heteroatoms. The van der Waals surface area contributed by atoms with Crippen LogP contribution in [-0.2, 0) is 20.0 Å². The van der Waals surface area contributed by atoms with E-state index in [1.165, 1.54) is 11.1 Å². The van der Waals surface area contributed by atoms with Gasteiger partial charge in [0.1, 0.15) is 5.82 Å². The SMILES string of the molecule is Cn1nc(-c2ccsc2)cc1NC(=O)NCC1Cc2ccccc2CN1.